The maximum absolute atomic E-state index is 12.2. The van der Waals surface area contributed by atoms with Crippen LogP contribution in [0.25, 0.3) is 0 Å². The van der Waals surface area contributed by atoms with E-state index in [1.54, 1.807) is 29.2 Å². The quantitative estimate of drug-likeness (QED) is 0.900. The molecule has 0 bridgehead atoms. The molecule has 0 aliphatic carbocycles. The number of rotatable bonds is 4. The highest BCUT2D eigenvalue weighted by molar-refractivity contribution is 5.96. The summed E-state index contributed by atoms with van der Waals surface area (Å²) in [6, 6.07) is 8.91. The van der Waals surface area contributed by atoms with Gasteiger partial charge in [0.1, 0.15) is 0 Å². The van der Waals surface area contributed by atoms with E-state index in [0.29, 0.717) is 37.8 Å². The predicted molar refractivity (Wildman–Crippen MR) is 83.8 cm³/mol. The van der Waals surface area contributed by atoms with E-state index in [4.69, 9.17) is 9.47 Å². The Kier molecular flexibility index (Phi) is 5.25. The summed E-state index contributed by atoms with van der Waals surface area (Å²) in [5.41, 5.74) is 0.564. The Hall–Kier alpha value is -1.92. The van der Waals surface area contributed by atoms with Gasteiger partial charge in [0.25, 0.3) is 5.91 Å². The second kappa shape index (κ2) is 7.57. The van der Waals surface area contributed by atoms with Gasteiger partial charge < -0.3 is 19.7 Å². The van der Waals surface area contributed by atoms with Crippen LogP contribution in [0.2, 0.25) is 0 Å². The fourth-order valence-electron chi connectivity index (χ4n) is 3.03. The molecule has 23 heavy (non-hydrogen) atoms. The molecule has 124 valence electrons. The number of piperidine rings is 1. The summed E-state index contributed by atoms with van der Waals surface area (Å²) in [6.07, 6.45) is 1.65. The van der Waals surface area contributed by atoms with Crippen LogP contribution >= 0.6 is 0 Å². The Morgan fingerprint density at radius 3 is 2.39 bits per heavy atom. The van der Waals surface area contributed by atoms with E-state index in [9.17, 15) is 9.59 Å². The lowest BCUT2D eigenvalue weighted by Crippen LogP contribution is -2.45. The molecule has 0 spiro atoms. The highest BCUT2D eigenvalue weighted by atomic mass is 16.7. The van der Waals surface area contributed by atoms with Crippen molar-refractivity contribution in [3.63, 3.8) is 0 Å². The zero-order valence-corrected chi connectivity index (χ0v) is 13.1. The number of hydrogen-bond donors (Lipinski definition) is 1. The van der Waals surface area contributed by atoms with Crippen molar-refractivity contribution in [2.75, 3.05) is 32.8 Å². The second-order valence-corrected chi connectivity index (χ2v) is 5.88. The molecule has 1 N–H and O–H groups in total. The minimum atomic E-state index is -0.221. The molecule has 6 heteroatoms. The molecule has 0 aromatic heterocycles. The Bertz CT molecular complexity index is 535. The van der Waals surface area contributed by atoms with Crippen LogP contribution in [-0.2, 0) is 14.3 Å². The summed E-state index contributed by atoms with van der Waals surface area (Å²) >= 11 is 0. The molecule has 0 atom stereocenters. The van der Waals surface area contributed by atoms with Gasteiger partial charge >= 0.3 is 0 Å². The van der Waals surface area contributed by atoms with Crippen molar-refractivity contribution in [3.05, 3.63) is 35.9 Å². The lowest BCUT2D eigenvalue weighted by molar-refractivity contribution is -0.135. The zero-order valence-electron chi connectivity index (χ0n) is 13.1. The Morgan fingerprint density at radius 2 is 1.74 bits per heavy atom. The summed E-state index contributed by atoms with van der Waals surface area (Å²) in [5, 5.41) is 2.68. The molecule has 2 aliphatic heterocycles. The minimum Gasteiger partial charge on any atom is -0.350 e. The average molecular weight is 318 g/mol. The van der Waals surface area contributed by atoms with Gasteiger partial charge in [-0.3, -0.25) is 9.59 Å². The first-order valence-electron chi connectivity index (χ1n) is 8.08. The number of ether oxygens (including phenoxy) is 2. The number of hydrogen-bond acceptors (Lipinski definition) is 4. The molecule has 1 aromatic rings. The molecule has 3 rings (SSSR count). The maximum Gasteiger partial charge on any atom is 0.251 e. The van der Waals surface area contributed by atoms with Crippen molar-refractivity contribution in [1.29, 1.82) is 0 Å². The van der Waals surface area contributed by atoms with Crippen LogP contribution < -0.4 is 5.32 Å². The van der Waals surface area contributed by atoms with Gasteiger partial charge in [-0.05, 0) is 25.0 Å². The lowest BCUT2D eigenvalue weighted by Gasteiger charge is -2.33. The largest absolute Gasteiger partial charge is 0.350 e. The summed E-state index contributed by atoms with van der Waals surface area (Å²) in [7, 11) is 0. The molecule has 6 nitrogen and oxygen atoms in total. The van der Waals surface area contributed by atoms with Crippen LogP contribution in [0.15, 0.2) is 30.3 Å². The number of benzene rings is 1. The standard InChI is InChI=1S/C17H22N2O4/c20-15(12-18-16(21)13-4-2-1-3-5-13)19-8-6-14(7-9-19)17-22-10-11-23-17/h1-5,14,17H,6-12H2,(H,18,21). The highest BCUT2D eigenvalue weighted by Gasteiger charge is 2.31. The summed E-state index contributed by atoms with van der Waals surface area (Å²) in [6.45, 7) is 2.74. The third-order valence-electron chi connectivity index (χ3n) is 4.36. The molecular formula is C17H22N2O4. The van der Waals surface area contributed by atoms with Gasteiger partial charge in [0.05, 0.1) is 19.8 Å². The van der Waals surface area contributed by atoms with E-state index >= 15 is 0 Å². The molecule has 2 fully saturated rings. The van der Waals surface area contributed by atoms with Crippen molar-refractivity contribution in [2.24, 2.45) is 5.92 Å². The third kappa shape index (κ3) is 4.09. The van der Waals surface area contributed by atoms with Gasteiger partial charge in [0, 0.05) is 24.6 Å². The molecule has 0 unspecified atom stereocenters. The normalized spacial score (nSPS) is 19.7. The van der Waals surface area contributed by atoms with Gasteiger partial charge in [-0.2, -0.15) is 0 Å². The number of amides is 2. The number of nitrogens with one attached hydrogen (secondary N) is 1. The van der Waals surface area contributed by atoms with E-state index in [-0.39, 0.29) is 24.6 Å². The fourth-order valence-corrected chi connectivity index (χ4v) is 3.03. The van der Waals surface area contributed by atoms with Gasteiger partial charge in [0.2, 0.25) is 5.91 Å². The molecule has 2 saturated heterocycles. The minimum absolute atomic E-state index is 0.0365. The van der Waals surface area contributed by atoms with Gasteiger partial charge in [-0.1, -0.05) is 18.2 Å². The summed E-state index contributed by atoms with van der Waals surface area (Å²) in [5.74, 6) is 0.100. The first kappa shape index (κ1) is 16.0. The van der Waals surface area contributed by atoms with Crippen LogP contribution in [0.4, 0.5) is 0 Å². The number of carbonyl (C=O) groups excluding carboxylic acids is 2. The SMILES string of the molecule is O=C(NCC(=O)N1CCC(C2OCCO2)CC1)c1ccccc1. The van der Waals surface area contributed by atoms with Crippen molar-refractivity contribution in [3.8, 4) is 0 Å². The van der Waals surface area contributed by atoms with E-state index in [1.165, 1.54) is 0 Å². The van der Waals surface area contributed by atoms with E-state index in [1.807, 2.05) is 6.07 Å². The predicted octanol–water partition coefficient (Wildman–Crippen LogP) is 1.03. The number of nitrogens with zero attached hydrogens (tertiary/aromatic N) is 1. The smallest absolute Gasteiger partial charge is 0.251 e. The monoisotopic (exact) mass is 318 g/mol. The van der Waals surface area contributed by atoms with Crippen LogP contribution in [0.1, 0.15) is 23.2 Å². The van der Waals surface area contributed by atoms with Crippen molar-refractivity contribution >= 4 is 11.8 Å². The first-order valence-corrected chi connectivity index (χ1v) is 8.08. The van der Waals surface area contributed by atoms with E-state index in [0.717, 1.165) is 12.8 Å². The highest BCUT2D eigenvalue weighted by Crippen LogP contribution is 2.25. The zero-order chi connectivity index (χ0) is 16.1. The van der Waals surface area contributed by atoms with Crippen LogP contribution in [-0.4, -0.2) is 55.9 Å². The van der Waals surface area contributed by atoms with Crippen molar-refractivity contribution in [1.82, 2.24) is 10.2 Å². The third-order valence-corrected chi connectivity index (χ3v) is 4.36. The maximum atomic E-state index is 12.2. The topological polar surface area (TPSA) is 67.9 Å². The molecule has 2 heterocycles. The molecule has 0 saturated carbocycles. The molecular weight excluding hydrogens is 296 g/mol. The van der Waals surface area contributed by atoms with E-state index < -0.39 is 0 Å². The van der Waals surface area contributed by atoms with Crippen molar-refractivity contribution < 1.29 is 19.1 Å². The lowest BCUT2D eigenvalue weighted by atomic mass is 9.96. The van der Waals surface area contributed by atoms with Crippen molar-refractivity contribution in [2.45, 2.75) is 19.1 Å². The van der Waals surface area contributed by atoms with Gasteiger partial charge in [-0.25, -0.2) is 0 Å². The first-order chi connectivity index (χ1) is 11.2. The van der Waals surface area contributed by atoms with Gasteiger partial charge in [-0.15, -0.1) is 0 Å². The second-order valence-electron chi connectivity index (χ2n) is 5.88. The Labute approximate surface area is 135 Å². The summed E-state index contributed by atoms with van der Waals surface area (Å²) in [4.78, 5) is 26.0. The summed E-state index contributed by atoms with van der Waals surface area (Å²) < 4.78 is 11.1. The number of likely N-dealkylation sites (tertiary alicyclic amines) is 1. The molecule has 1 aromatic carbocycles. The molecule has 2 amide bonds. The Morgan fingerprint density at radius 1 is 1.09 bits per heavy atom. The van der Waals surface area contributed by atoms with Crippen LogP contribution in [0.3, 0.4) is 0 Å². The van der Waals surface area contributed by atoms with Crippen LogP contribution in [0, 0.1) is 5.92 Å². The van der Waals surface area contributed by atoms with E-state index in [2.05, 4.69) is 5.32 Å². The number of carbonyl (C=O) groups is 2. The molecule has 2 aliphatic rings. The average Bonchev–Trinajstić information content (AvgIpc) is 3.15. The van der Waals surface area contributed by atoms with Gasteiger partial charge in [0.15, 0.2) is 6.29 Å². The van der Waals surface area contributed by atoms with Crippen LogP contribution in [0.5, 0.6) is 0 Å². The molecule has 0 radical (unpaired) electrons. The fraction of sp³-hybridized carbons (Fsp3) is 0.529. The Balaban J connectivity index is 1.42.